The topological polar surface area (TPSA) is 190 Å². The molecule has 0 atom stereocenters. The summed E-state index contributed by atoms with van der Waals surface area (Å²) in [4.78, 5) is 164. The Morgan fingerprint density at radius 2 is 0.435 bits per heavy atom. The van der Waals surface area contributed by atoms with Gasteiger partial charge < -0.3 is 9.80 Å². The molecule has 0 aliphatic carbocycles. The van der Waals surface area contributed by atoms with Crippen molar-refractivity contribution < 1.29 is 47.9 Å². The molecule has 2 aromatic heterocycles. The lowest BCUT2D eigenvalue weighted by Gasteiger charge is -2.33. The standard InChI is InChI=1S/C90H112N6O10S2/c1-7-13-19-25-31-37-51-91-79(69-49-47-67(107-69)63-57-65-71-59(81(97)93(85(65)101)53-39-33-27-21-15-9-3)43-45-61-73(71)75(63)87(103)95(83(61)99)55-41-35-29-23-17-11-5)77-78(89(91)105)80(92(90(77)106)52-38-32-26-20-14-8-2)70-50-48-68(108-70)64-58-66-72-60(82(98)94(86(66)102)54-40-34-28-22-16-10-4)44-46-62-74(72)76(64)88(104)96(84(62)100)56-42-36-30-24-18-12-6/h43-50,57-58H,7-42,51-56H2,1-6H3. The van der Waals surface area contributed by atoms with Gasteiger partial charge in [0.25, 0.3) is 59.1 Å². The molecular weight excluding hydrogens is 1390 g/mol. The van der Waals surface area contributed by atoms with E-state index >= 15 is 28.8 Å². The van der Waals surface area contributed by atoms with Crippen molar-refractivity contribution in [3.05, 3.63) is 126 Å². The van der Waals surface area contributed by atoms with Crippen molar-refractivity contribution in [2.24, 2.45) is 0 Å². The number of hydrogen-bond acceptors (Lipinski definition) is 12. The Labute approximate surface area is 647 Å². The van der Waals surface area contributed by atoms with Gasteiger partial charge >= 0.3 is 0 Å². The van der Waals surface area contributed by atoms with Crippen LogP contribution in [0.15, 0.2) is 71.8 Å². The first-order valence-corrected chi connectivity index (χ1v) is 43.4. The fourth-order valence-corrected chi connectivity index (χ4v) is 19.4. The molecule has 0 saturated carbocycles. The number of carbonyl (C=O) groups excluding carboxylic acids is 10. The van der Waals surface area contributed by atoms with E-state index in [-0.39, 0.29) is 93.6 Å². The number of benzene rings is 4. The van der Waals surface area contributed by atoms with Gasteiger partial charge in [-0.05, 0) is 99.2 Å². The maximum Gasteiger partial charge on any atom is 0.262 e. The van der Waals surface area contributed by atoms with Gasteiger partial charge in [0.1, 0.15) is 0 Å². The lowest BCUT2D eigenvalue weighted by molar-refractivity contribution is -0.124. The summed E-state index contributed by atoms with van der Waals surface area (Å²) in [6.07, 6.45) is 34.2. The Hall–Kier alpha value is -8.22. The van der Waals surface area contributed by atoms with Gasteiger partial charge in [-0.3, -0.25) is 67.5 Å². The van der Waals surface area contributed by atoms with E-state index in [1.807, 2.05) is 24.3 Å². The van der Waals surface area contributed by atoms with E-state index in [2.05, 4.69) is 41.5 Å². The van der Waals surface area contributed by atoms with E-state index in [1.54, 1.807) is 46.2 Å². The molecule has 0 saturated heterocycles. The average molecular weight is 1500 g/mol. The normalized spacial score (nSPS) is 15.6. The average Bonchev–Trinajstić information content (AvgIpc) is 0.773. The molecule has 6 aromatic rings. The molecular formula is C90H112N6O10S2. The van der Waals surface area contributed by atoms with Crippen molar-refractivity contribution in [1.82, 2.24) is 29.4 Å². The summed E-state index contributed by atoms with van der Waals surface area (Å²) in [5, 5.41) is 1.21. The van der Waals surface area contributed by atoms with E-state index in [1.165, 1.54) is 42.3 Å². The number of amides is 10. The highest BCUT2D eigenvalue weighted by molar-refractivity contribution is 7.17. The quantitative estimate of drug-likeness (QED) is 0.0262. The second-order valence-corrected chi connectivity index (χ2v) is 33.0. The van der Waals surface area contributed by atoms with Crippen LogP contribution < -0.4 is 0 Å². The Morgan fingerprint density at radius 3 is 0.713 bits per heavy atom. The highest BCUT2D eigenvalue weighted by Gasteiger charge is 2.51. The summed E-state index contributed by atoms with van der Waals surface area (Å²) in [6.45, 7) is 14.5. The molecule has 4 aromatic carbocycles. The number of fused-ring (bicyclic) bond motifs is 1. The van der Waals surface area contributed by atoms with E-state index in [9.17, 15) is 19.2 Å². The zero-order chi connectivity index (χ0) is 76.1. The minimum atomic E-state index is -0.499. The van der Waals surface area contributed by atoms with Gasteiger partial charge in [0.2, 0.25) is 0 Å². The van der Waals surface area contributed by atoms with E-state index in [0.717, 1.165) is 193 Å². The number of hydrogen-bond donors (Lipinski definition) is 0. The molecule has 0 N–H and O–H groups in total. The SMILES string of the molecule is CCCCCCCCN1C(=O)c2ccc3c4c(c(-c5ccc(C6=C7C(=O)N(CCCCCCCC)C(c8ccc(-c9cc%10c%11c(ccc%12c%11c9C(=O)N(CCCCCCCC)C%12=O)C(=O)N(CCCCCCCC)C%10=O)s8)=C7C(=O)N6CCCCCCCC)s5)cc(c24)C1=O)C(=O)N(CCCCCCCC)C3=O. The van der Waals surface area contributed by atoms with Gasteiger partial charge in [-0.1, -0.05) is 234 Å². The fraction of sp³-hybridized carbons (Fsp3) is 0.533. The lowest BCUT2D eigenvalue weighted by Crippen LogP contribution is -2.44. The zero-order valence-corrected chi connectivity index (χ0v) is 66.7. The van der Waals surface area contributed by atoms with E-state index < -0.39 is 47.3 Å². The van der Waals surface area contributed by atoms with Crippen molar-refractivity contribution in [2.45, 2.75) is 273 Å². The molecule has 6 aliphatic rings. The zero-order valence-electron chi connectivity index (χ0n) is 65.1. The minimum Gasteiger partial charge on any atom is -0.306 e. The van der Waals surface area contributed by atoms with Gasteiger partial charge in [-0.25, -0.2) is 0 Å². The highest BCUT2D eigenvalue weighted by Crippen LogP contribution is 2.53. The van der Waals surface area contributed by atoms with Gasteiger partial charge in [0.05, 0.1) is 43.4 Å². The highest BCUT2D eigenvalue weighted by atomic mass is 32.1. The fourth-order valence-electron chi connectivity index (χ4n) is 17.2. The summed E-state index contributed by atoms with van der Waals surface area (Å²) in [6, 6.07) is 17.7. The molecule has 10 amide bonds. The molecule has 18 heteroatoms. The summed E-state index contributed by atoms with van der Waals surface area (Å²) in [7, 11) is 0. The molecule has 12 rings (SSSR count). The smallest absolute Gasteiger partial charge is 0.262 e. The summed E-state index contributed by atoms with van der Waals surface area (Å²) >= 11 is 2.65. The number of imide groups is 4. The van der Waals surface area contributed by atoms with Crippen LogP contribution in [0.3, 0.4) is 0 Å². The van der Waals surface area contributed by atoms with Gasteiger partial charge in [-0.15, -0.1) is 22.7 Å². The van der Waals surface area contributed by atoms with Crippen LogP contribution in [-0.2, 0) is 9.59 Å². The maximum absolute atomic E-state index is 16.2. The van der Waals surface area contributed by atoms with Crippen molar-refractivity contribution in [3.8, 4) is 20.9 Å². The molecule has 108 heavy (non-hydrogen) atoms. The maximum atomic E-state index is 16.2. The molecule has 0 radical (unpaired) electrons. The minimum absolute atomic E-state index is 0.197. The van der Waals surface area contributed by atoms with Crippen LogP contribution in [0.1, 0.15) is 365 Å². The van der Waals surface area contributed by atoms with Gasteiger partial charge in [0, 0.05) is 115 Å². The summed E-state index contributed by atoms with van der Waals surface area (Å²) in [5.74, 6) is -4.43. The third-order valence-corrected chi connectivity index (χ3v) is 25.4. The second kappa shape index (κ2) is 37.0. The van der Waals surface area contributed by atoms with Gasteiger partial charge in [0.15, 0.2) is 0 Å². The molecule has 0 bridgehead atoms. The Balaban J connectivity index is 0.999. The van der Waals surface area contributed by atoms with Crippen LogP contribution in [0.4, 0.5) is 0 Å². The predicted octanol–water partition coefficient (Wildman–Crippen LogP) is 21.8. The first-order chi connectivity index (χ1) is 52.7. The summed E-state index contributed by atoms with van der Waals surface area (Å²) < 4.78 is 0. The Morgan fingerprint density at radius 1 is 0.213 bits per heavy atom. The monoisotopic (exact) mass is 1500 g/mol. The lowest BCUT2D eigenvalue weighted by atomic mass is 9.83. The molecule has 6 aliphatic heterocycles. The van der Waals surface area contributed by atoms with Crippen LogP contribution >= 0.6 is 22.7 Å². The first kappa shape index (κ1) is 79.3. The van der Waals surface area contributed by atoms with Gasteiger partial charge in [-0.2, -0.15) is 0 Å². The third-order valence-electron chi connectivity index (χ3n) is 23.1. The van der Waals surface area contributed by atoms with Crippen LogP contribution in [0.25, 0.3) is 53.8 Å². The largest absolute Gasteiger partial charge is 0.306 e. The summed E-state index contributed by atoms with van der Waals surface area (Å²) in [5.41, 5.74) is 4.33. The number of rotatable bonds is 46. The first-order valence-electron chi connectivity index (χ1n) is 41.7. The van der Waals surface area contributed by atoms with Crippen molar-refractivity contribution >= 4 is 115 Å². The Kier molecular flexibility index (Phi) is 27.2. The van der Waals surface area contributed by atoms with E-state index in [0.29, 0.717) is 115 Å². The Bertz CT molecular complexity index is 4230. The molecule has 16 nitrogen and oxygen atoms in total. The van der Waals surface area contributed by atoms with Crippen molar-refractivity contribution in [3.63, 3.8) is 0 Å². The van der Waals surface area contributed by atoms with Crippen molar-refractivity contribution in [2.75, 3.05) is 39.3 Å². The predicted molar refractivity (Wildman–Crippen MR) is 434 cm³/mol. The molecule has 0 spiro atoms. The third kappa shape index (κ3) is 15.9. The second-order valence-electron chi connectivity index (χ2n) is 30.9. The molecule has 8 heterocycles. The van der Waals surface area contributed by atoms with Crippen LogP contribution in [0.2, 0.25) is 0 Å². The van der Waals surface area contributed by atoms with E-state index in [4.69, 9.17) is 0 Å². The number of nitrogens with zero attached hydrogens (tertiary/aromatic N) is 6. The van der Waals surface area contributed by atoms with Crippen molar-refractivity contribution in [1.29, 1.82) is 0 Å². The number of thiophene rings is 2. The number of carbonyl (C=O) groups is 10. The van der Waals surface area contributed by atoms with Crippen LogP contribution in [-0.4, -0.2) is 128 Å². The van der Waals surface area contributed by atoms with Crippen LogP contribution in [0, 0.1) is 0 Å². The van der Waals surface area contributed by atoms with Crippen LogP contribution in [0.5, 0.6) is 0 Å². The molecule has 0 unspecified atom stereocenters. The number of unbranched alkanes of at least 4 members (excludes halogenated alkanes) is 30. The molecule has 0 fully saturated rings. The molecule has 574 valence electrons.